The Morgan fingerprint density at radius 1 is 1.27 bits per heavy atom. The van der Waals surface area contributed by atoms with E-state index in [9.17, 15) is 4.79 Å². The SMILES string of the molecule is COC(=O)c1ccc(-c2ccon2)cc1. The van der Waals surface area contributed by atoms with Crippen LogP contribution in [0.15, 0.2) is 41.1 Å². The van der Waals surface area contributed by atoms with Crippen LogP contribution in [0.2, 0.25) is 0 Å². The van der Waals surface area contributed by atoms with Crippen LogP contribution in [0.1, 0.15) is 10.4 Å². The Morgan fingerprint density at radius 3 is 2.53 bits per heavy atom. The van der Waals surface area contributed by atoms with Crippen LogP contribution in [-0.4, -0.2) is 18.2 Å². The molecule has 76 valence electrons. The molecular weight excluding hydrogens is 194 g/mol. The average Bonchev–Trinajstić information content (AvgIpc) is 2.82. The summed E-state index contributed by atoms with van der Waals surface area (Å²) in [6.07, 6.45) is 1.50. The number of carbonyl (C=O) groups is 1. The summed E-state index contributed by atoms with van der Waals surface area (Å²) in [5, 5.41) is 3.79. The number of hydrogen-bond donors (Lipinski definition) is 0. The molecule has 2 aromatic rings. The monoisotopic (exact) mass is 203 g/mol. The second-order valence-electron chi connectivity index (χ2n) is 2.95. The molecule has 0 saturated carbocycles. The predicted molar refractivity (Wildman–Crippen MR) is 53.3 cm³/mol. The number of esters is 1. The number of nitrogens with zero attached hydrogens (tertiary/aromatic N) is 1. The van der Waals surface area contributed by atoms with Crippen molar-refractivity contribution < 1.29 is 14.1 Å². The lowest BCUT2D eigenvalue weighted by Crippen LogP contribution is -2.00. The topological polar surface area (TPSA) is 52.3 Å². The zero-order valence-corrected chi connectivity index (χ0v) is 8.14. The lowest BCUT2D eigenvalue weighted by molar-refractivity contribution is 0.0601. The number of aromatic nitrogens is 1. The maximum Gasteiger partial charge on any atom is 0.337 e. The number of methoxy groups -OCH3 is 1. The Bertz CT molecular complexity index is 445. The molecule has 0 N–H and O–H groups in total. The standard InChI is InChI=1S/C11H9NO3/c1-14-11(13)9-4-2-8(3-5-9)10-6-7-15-12-10/h2-7H,1H3. The maximum atomic E-state index is 11.2. The fraction of sp³-hybridized carbons (Fsp3) is 0.0909. The second-order valence-corrected chi connectivity index (χ2v) is 2.95. The maximum absolute atomic E-state index is 11.2. The van der Waals surface area contributed by atoms with Crippen LogP contribution in [0.3, 0.4) is 0 Å². The third kappa shape index (κ3) is 1.88. The molecule has 2 rings (SSSR count). The van der Waals surface area contributed by atoms with Crippen molar-refractivity contribution in [2.24, 2.45) is 0 Å². The van der Waals surface area contributed by atoms with E-state index in [0.717, 1.165) is 11.3 Å². The van der Waals surface area contributed by atoms with Crippen LogP contribution in [0, 0.1) is 0 Å². The molecule has 0 atom stereocenters. The van der Waals surface area contributed by atoms with Gasteiger partial charge < -0.3 is 9.26 Å². The van der Waals surface area contributed by atoms with Crippen molar-refractivity contribution >= 4 is 5.97 Å². The number of ether oxygens (including phenoxy) is 1. The second kappa shape index (κ2) is 3.96. The van der Waals surface area contributed by atoms with Crippen molar-refractivity contribution in [1.82, 2.24) is 5.16 Å². The van der Waals surface area contributed by atoms with E-state index in [1.807, 2.05) is 0 Å². The fourth-order valence-corrected chi connectivity index (χ4v) is 1.26. The van der Waals surface area contributed by atoms with Gasteiger partial charge in [-0.2, -0.15) is 0 Å². The van der Waals surface area contributed by atoms with Crippen LogP contribution in [-0.2, 0) is 4.74 Å². The largest absolute Gasteiger partial charge is 0.465 e. The van der Waals surface area contributed by atoms with Crippen LogP contribution >= 0.6 is 0 Å². The minimum atomic E-state index is -0.346. The van der Waals surface area contributed by atoms with Crippen molar-refractivity contribution in [3.8, 4) is 11.3 Å². The van der Waals surface area contributed by atoms with Gasteiger partial charge in [-0.25, -0.2) is 4.79 Å². The van der Waals surface area contributed by atoms with E-state index in [1.165, 1.54) is 13.4 Å². The van der Waals surface area contributed by atoms with Crippen molar-refractivity contribution in [2.75, 3.05) is 7.11 Å². The Morgan fingerprint density at radius 2 is 2.00 bits per heavy atom. The molecule has 4 nitrogen and oxygen atoms in total. The molecule has 0 unspecified atom stereocenters. The van der Waals surface area contributed by atoms with Crippen molar-refractivity contribution in [2.45, 2.75) is 0 Å². The third-order valence-corrected chi connectivity index (χ3v) is 2.04. The molecule has 0 aliphatic carbocycles. The highest BCUT2D eigenvalue weighted by Crippen LogP contribution is 2.17. The van der Waals surface area contributed by atoms with E-state index in [0.29, 0.717) is 5.56 Å². The van der Waals surface area contributed by atoms with Crippen LogP contribution in [0.5, 0.6) is 0 Å². The molecule has 0 amide bonds. The smallest absolute Gasteiger partial charge is 0.337 e. The Labute approximate surface area is 86.5 Å². The first kappa shape index (κ1) is 9.45. The molecule has 0 spiro atoms. The van der Waals surface area contributed by atoms with Crippen LogP contribution < -0.4 is 0 Å². The first-order valence-electron chi connectivity index (χ1n) is 4.40. The van der Waals surface area contributed by atoms with Crippen LogP contribution in [0.4, 0.5) is 0 Å². The van der Waals surface area contributed by atoms with Gasteiger partial charge in [-0.05, 0) is 12.1 Å². The predicted octanol–water partition coefficient (Wildman–Crippen LogP) is 2.13. The Balaban J connectivity index is 2.29. The Kier molecular flexibility index (Phi) is 2.49. The number of rotatable bonds is 2. The first-order chi connectivity index (χ1) is 7.31. The number of hydrogen-bond acceptors (Lipinski definition) is 4. The fourth-order valence-electron chi connectivity index (χ4n) is 1.26. The molecule has 1 aromatic carbocycles. The van der Waals surface area contributed by atoms with Gasteiger partial charge in [-0.1, -0.05) is 17.3 Å². The molecule has 0 radical (unpaired) electrons. The highest BCUT2D eigenvalue weighted by atomic mass is 16.5. The summed E-state index contributed by atoms with van der Waals surface area (Å²) in [5.74, 6) is -0.346. The highest BCUT2D eigenvalue weighted by Gasteiger charge is 2.06. The van der Waals surface area contributed by atoms with Gasteiger partial charge in [-0.15, -0.1) is 0 Å². The summed E-state index contributed by atoms with van der Waals surface area (Å²) >= 11 is 0. The molecule has 0 aliphatic rings. The van der Waals surface area contributed by atoms with E-state index in [-0.39, 0.29) is 5.97 Å². The van der Waals surface area contributed by atoms with E-state index >= 15 is 0 Å². The quantitative estimate of drug-likeness (QED) is 0.701. The number of benzene rings is 1. The molecule has 4 heteroatoms. The van der Waals surface area contributed by atoms with Gasteiger partial charge in [0.2, 0.25) is 0 Å². The highest BCUT2D eigenvalue weighted by molar-refractivity contribution is 5.89. The van der Waals surface area contributed by atoms with E-state index < -0.39 is 0 Å². The van der Waals surface area contributed by atoms with Gasteiger partial charge in [0.05, 0.1) is 12.7 Å². The van der Waals surface area contributed by atoms with Gasteiger partial charge in [0.25, 0.3) is 0 Å². The summed E-state index contributed by atoms with van der Waals surface area (Å²) < 4.78 is 9.32. The molecule has 1 heterocycles. The minimum Gasteiger partial charge on any atom is -0.465 e. The zero-order valence-electron chi connectivity index (χ0n) is 8.14. The lowest BCUT2D eigenvalue weighted by atomic mass is 10.1. The van der Waals surface area contributed by atoms with Gasteiger partial charge in [0.15, 0.2) is 0 Å². The van der Waals surface area contributed by atoms with Crippen molar-refractivity contribution in [1.29, 1.82) is 0 Å². The van der Waals surface area contributed by atoms with Crippen molar-refractivity contribution in [3.63, 3.8) is 0 Å². The van der Waals surface area contributed by atoms with Gasteiger partial charge in [0.1, 0.15) is 12.0 Å². The van der Waals surface area contributed by atoms with Crippen LogP contribution in [0.25, 0.3) is 11.3 Å². The lowest BCUT2D eigenvalue weighted by Gasteiger charge is -1.99. The molecule has 0 aliphatic heterocycles. The summed E-state index contributed by atoms with van der Waals surface area (Å²) in [6.45, 7) is 0. The normalized spacial score (nSPS) is 9.93. The molecule has 15 heavy (non-hydrogen) atoms. The summed E-state index contributed by atoms with van der Waals surface area (Å²) in [4.78, 5) is 11.2. The van der Waals surface area contributed by atoms with Gasteiger partial charge >= 0.3 is 5.97 Å². The van der Waals surface area contributed by atoms with Gasteiger partial charge in [0, 0.05) is 11.6 Å². The molecule has 0 bridgehead atoms. The summed E-state index contributed by atoms with van der Waals surface area (Å²) in [5.41, 5.74) is 2.16. The molecule has 1 aromatic heterocycles. The molecule has 0 fully saturated rings. The molecule has 0 saturated heterocycles. The average molecular weight is 203 g/mol. The first-order valence-corrected chi connectivity index (χ1v) is 4.40. The van der Waals surface area contributed by atoms with E-state index in [4.69, 9.17) is 4.52 Å². The third-order valence-electron chi connectivity index (χ3n) is 2.04. The van der Waals surface area contributed by atoms with Gasteiger partial charge in [-0.3, -0.25) is 0 Å². The summed E-state index contributed by atoms with van der Waals surface area (Å²) in [6, 6.07) is 8.73. The molecular formula is C11H9NO3. The minimum absolute atomic E-state index is 0.346. The number of carbonyl (C=O) groups excluding carboxylic acids is 1. The van der Waals surface area contributed by atoms with E-state index in [1.54, 1.807) is 30.3 Å². The van der Waals surface area contributed by atoms with E-state index in [2.05, 4.69) is 9.89 Å². The summed E-state index contributed by atoms with van der Waals surface area (Å²) in [7, 11) is 1.36. The Hall–Kier alpha value is -2.10. The van der Waals surface area contributed by atoms with Crippen molar-refractivity contribution in [3.05, 3.63) is 42.2 Å². The zero-order chi connectivity index (χ0) is 10.7.